The largest absolute Gasteiger partial charge is 0.416 e. The van der Waals surface area contributed by atoms with Gasteiger partial charge in [-0.1, -0.05) is 18.2 Å². The van der Waals surface area contributed by atoms with Crippen LogP contribution in [-0.2, 0) is 6.18 Å². The van der Waals surface area contributed by atoms with Gasteiger partial charge in [0.2, 0.25) is 5.95 Å². The summed E-state index contributed by atoms with van der Waals surface area (Å²) < 4.78 is 41.2. The van der Waals surface area contributed by atoms with Crippen LogP contribution in [-0.4, -0.2) is 27.5 Å². The molecule has 0 radical (unpaired) electrons. The topological polar surface area (TPSA) is 53.9 Å². The first-order chi connectivity index (χ1) is 14.3. The van der Waals surface area contributed by atoms with Crippen molar-refractivity contribution < 1.29 is 13.2 Å². The smallest absolute Gasteiger partial charge is 0.352 e. The minimum atomic E-state index is -4.40. The molecular weight excluding hydrogens is 391 g/mol. The fourth-order valence-corrected chi connectivity index (χ4v) is 4.04. The Kier molecular flexibility index (Phi) is 5.49. The monoisotopic (exact) mass is 415 g/mol. The molecule has 0 saturated carbocycles. The van der Waals surface area contributed by atoms with E-state index in [1.807, 2.05) is 24.8 Å². The summed E-state index contributed by atoms with van der Waals surface area (Å²) in [6.07, 6.45) is -0.356. The number of piperidine rings is 1. The highest BCUT2D eigenvalue weighted by Crippen LogP contribution is 2.42. The SMILES string of the molecule is CC(C)Nc1nc(N2CCCC[C@H]2c2ccccc2C(F)(F)F)c2cccnc2n1. The van der Waals surface area contributed by atoms with Crippen molar-refractivity contribution >= 4 is 22.8 Å². The Morgan fingerprint density at radius 1 is 1.07 bits per heavy atom. The lowest BCUT2D eigenvalue weighted by molar-refractivity contribution is -0.138. The number of aromatic nitrogens is 3. The van der Waals surface area contributed by atoms with E-state index in [4.69, 9.17) is 4.98 Å². The molecule has 1 aromatic carbocycles. The highest BCUT2D eigenvalue weighted by atomic mass is 19.4. The Balaban J connectivity index is 1.86. The van der Waals surface area contributed by atoms with Crippen LogP contribution in [0.1, 0.15) is 50.3 Å². The van der Waals surface area contributed by atoms with Gasteiger partial charge in [0.25, 0.3) is 0 Å². The van der Waals surface area contributed by atoms with E-state index in [0.29, 0.717) is 35.9 Å². The van der Waals surface area contributed by atoms with E-state index >= 15 is 0 Å². The summed E-state index contributed by atoms with van der Waals surface area (Å²) in [6, 6.07) is 9.22. The van der Waals surface area contributed by atoms with Crippen molar-refractivity contribution in [3.05, 3.63) is 53.7 Å². The second kappa shape index (κ2) is 8.08. The first kappa shape index (κ1) is 20.4. The predicted octanol–water partition coefficient (Wildman–Crippen LogP) is 5.60. The van der Waals surface area contributed by atoms with Gasteiger partial charge < -0.3 is 10.2 Å². The summed E-state index contributed by atoms with van der Waals surface area (Å²) >= 11 is 0. The molecule has 0 bridgehead atoms. The highest BCUT2D eigenvalue weighted by molar-refractivity contribution is 5.88. The van der Waals surface area contributed by atoms with Crippen LogP contribution in [0.25, 0.3) is 11.0 Å². The van der Waals surface area contributed by atoms with Crippen LogP contribution in [0.2, 0.25) is 0 Å². The number of halogens is 3. The molecule has 1 saturated heterocycles. The van der Waals surface area contributed by atoms with E-state index < -0.39 is 17.8 Å². The fourth-order valence-electron chi connectivity index (χ4n) is 4.04. The lowest BCUT2D eigenvalue weighted by Gasteiger charge is -2.38. The maximum Gasteiger partial charge on any atom is 0.416 e. The van der Waals surface area contributed by atoms with Gasteiger partial charge >= 0.3 is 6.18 Å². The number of hydrogen-bond donors (Lipinski definition) is 1. The molecule has 4 rings (SSSR count). The van der Waals surface area contributed by atoms with Crippen molar-refractivity contribution in [2.24, 2.45) is 0 Å². The number of alkyl halides is 3. The number of nitrogens with zero attached hydrogens (tertiary/aromatic N) is 4. The molecule has 0 spiro atoms. The number of anilines is 2. The second-order valence-corrected chi connectivity index (χ2v) is 7.83. The van der Waals surface area contributed by atoms with Crippen LogP contribution in [0.3, 0.4) is 0 Å². The van der Waals surface area contributed by atoms with Crippen molar-refractivity contribution in [3.63, 3.8) is 0 Å². The molecule has 3 heterocycles. The molecule has 1 aliphatic heterocycles. The van der Waals surface area contributed by atoms with Crippen LogP contribution in [0.15, 0.2) is 42.6 Å². The maximum absolute atomic E-state index is 13.7. The first-order valence-corrected chi connectivity index (χ1v) is 10.2. The van der Waals surface area contributed by atoms with E-state index in [1.54, 1.807) is 24.4 Å². The Bertz CT molecular complexity index is 1030. The second-order valence-electron chi connectivity index (χ2n) is 7.83. The Morgan fingerprint density at radius 3 is 2.63 bits per heavy atom. The van der Waals surface area contributed by atoms with Crippen molar-refractivity contribution in [1.29, 1.82) is 0 Å². The number of fused-ring (bicyclic) bond motifs is 1. The van der Waals surface area contributed by atoms with E-state index in [-0.39, 0.29) is 6.04 Å². The molecule has 5 nitrogen and oxygen atoms in total. The summed E-state index contributed by atoms with van der Waals surface area (Å²) in [6.45, 7) is 4.59. The fraction of sp³-hybridized carbons (Fsp3) is 0.409. The van der Waals surface area contributed by atoms with E-state index in [1.165, 1.54) is 6.07 Å². The molecule has 2 aromatic heterocycles. The minimum Gasteiger partial charge on any atom is -0.352 e. The zero-order chi connectivity index (χ0) is 21.3. The third-order valence-electron chi connectivity index (χ3n) is 5.27. The van der Waals surface area contributed by atoms with Gasteiger partial charge in [0.05, 0.1) is 17.0 Å². The van der Waals surface area contributed by atoms with Gasteiger partial charge in [-0.05, 0) is 56.9 Å². The predicted molar refractivity (Wildman–Crippen MR) is 111 cm³/mol. The Hall–Kier alpha value is -2.90. The highest BCUT2D eigenvalue weighted by Gasteiger charge is 2.37. The van der Waals surface area contributed by atoms with Crippen LogP contribution < -0.4 is 10.2 Å². The van der Waals surface area contributed by atoms with E-state index in [9.17, 15) is 13.2 Å². The standard InChI is InChI=1S/C22H24F3N5/c1-14(2)27-21-28-19-16(9-7-12-26-19)20(29-21)30-13-6-5-11-18(30)15-8-3-4-10-17(15)22(23,24)25/h3-4,7-10,12,14,18H,5-6,11,13H2,1-2H3,(H,26,27,28,29)/t18-/m0/s1. The Morgan fingerprint density at radius 2 is 1.87 bits per heavy atom. The molecule has 8 heteroatoms. The summed E-state index contributed by atoms with van der Waals surface area (Å²) in [7, 11) is 0. The molecule has 158 valence electrons. The van der Waals surface area contributed by atoms with Crippen LogP contribution in [0.5, 0.6) is 0 Å². The molecule has 0 aliphatic carbocycles. The first-order valence-electron chi connectivity index (χ1n) is 10.2. The average Bonchev–Trinajstić information content (AvgIpc) is 2.72. The number of rotatable bonds is 4. The number of benzene rings is 1. The van der Waals surface area contributed by atoms with Crippen LogP contribution in [0, 0.1) is 0 Å². The molecule has 1 N–H and O–H groups in total. The minimum absolute atomic E-state index is 0.113. The van der Waals surface area contributed by atoms with Gasteiger partial charge in [-0.3, -0.25) is 0 Å². The van der Waals surface area contributed by atoms with Crippen LogP contribution >= 0.6 is 0 Å². The van der Waals surface area contributed by atoms with Gasteiger partial charge in [-0.15, -0.1) is 0 Å². The number of hydrogen-bond acceptors (Lipinski definition) is 5. The maximum atomic E-state index is 13.7. The molecule has 3 aromatic rings. The third-order valence-corrected chi connectivity index (χ3v) is 5.27. The zero-order valence-electron chi connectivity index (χ0n) is 16.9. The average molecular weight is 415 g/mol. The van der Waals surface area contributed by atoms with Gasteiger partial charge in [-0.25, -0.2) is 4.98 Å². The Labute approximate surface area is 173 Å². The molecule has 1 fully saturated rings. The van der Waals surface area contributed by atoms with Crippen LogP contribution in [0.4, 0.5) is 24.9 Å². The molecule has 1 aliphatic rings. The third kappa shape index (κ3) is 4.04. The summed E-state index contributed by atoms with van der Waals surface area (Å²) in [4.78, 5) is 15.6. The quantitative estimate of drug-likeness (QED) is 0.602. The van der Waals surface area contributed by atoms with E-state index in [2.05, 4.69) is 15.3 Å². The van der Waals surface area contributed by atoms with Crippen molar-refractivity contribution in [2.45, 2.75) is 51.4 Å². The van der Waals surface area contributed by atoms with E-state index in [0.717, 1.165) is 24.3 Å². The van der Waals surface area contributed by atoms with Crippen molar-refractivity contribution in [3.8, 4) is 0 Å². The van der Waals surface area contributed by atoms with Gasteiger partial charge in [0.15, 0.2) is 5.65 Å². The van der Waals surface area contributed by atoms with Crippen molar-refractivity contribution in [2.75, 3.05) is 16.8 Å². The lowest BCUT2D eigenvalue weighted by Crippen LogP contribution is -2.35. The lowest BCUT2D eigenvalue weighted by atomic mass is 9.91. The van der Waals surface area contributed by atoms with Gasteiger partial charge in [0.1, 0.15) is 5.82 Å². The molecule has 0 amide bonds. The molecule has 1 atom stereocenters. The summed E-state index contributed by atoms with van der Waals surface area (Å²) in [5.41, 5.74) is 0.233. The zero-order valence-corrected chi connectivity index (χ0v) is 16.9. The summed E-state index contributed by atoms with van der Waals surface area (Å²) in [5, 5.41) is 3.94. The molecular formula is C22H24F3N5. The van der Waals surface area contributed by atoms with Crippen molar-refractivity contribution in [1.82, 2.24) is 15.0 Å². The van der Waals surface area contributed by atoms with Gasteiger partial charge in [0, 0.05) is 18.8 Å². The van der Waals surface area contributed by atoms with Gasteiger partial charge in [-0.2, -0.15) is 23.1 Å². The number of pyridine rings is 1. The molecule has 30 heavy (non-hydrogen) atoms. The molecule has 0 unspecified atom stereocenters. The number of nitrogens with one attached hydrogen (secondary N) is 1. The normalized spacial score (nSPS) is 17.5. The summed E-state index contributed by atoms with van der Waals surface area (Å²) in [5.74, 6) is 1.05.